The second-order valence-corrected chi connectivity index (χ2v) is 28.1. The smallest absolute Gasteiger partial charge is 0.261 e. The Bertz CT molecular complexity index is 5330. The molecule has 14 aromatic rings. The fraction of sp³-hybridized carbons (Fsp3) is 0.0952. The number of hydrogen-bond acceptors (Lipinski definition) is 3. The quantitative estimate of drug-likeness (QED) is 0.129. The first-order valence-corrected chi connectivity index (χ1v) is 34.5. The van der Waals surface area contributed by atoms with Crippen LogP contribution in [0.1, 0.15) is 44.4 Å². The van der Waals surface area contributed by atoms with Gasteiger partial charge < -0.3 is 5.11 Å². The predicted molar refractivity (Wildman–Crippen MR) is 396 cm³/mol. The van der Waals surface area contributed by atoms with Gasteiger partial charge in [-0.1, -0.05) is 268 Å². The summed E-state index contributed by atoms with van der Waals surface area (Å²) >= 11 is 22.5. The first-order chi connectivity index (χ1) is 44.9. The van der Waals surface area contributed by atoms with E-state index in [2.05, 4.69) is 250 Å². The van der Waals surface area contributed by atoms with E-state index in [1.807, 2.05) is 38.1 Å². The van der Waals surface area contributed by atoms with E-state index in [9.17, 15) is 13.5 Å². The van der Waals surface area contributed by atoms with E-state index in [4.69, 9.17) is 51.0 Å². The Morgan fingerprint density at radius 2 is 0.677 bits per heavy atom. The molecule has 4 nitrogen and oxygen atoms in total. The minimum absolute atomic E-state index is 0.162. The molecule has 0 amide bonds. The van der Waals surface area contributed by atoms with Gasteiger partial charge in [0.2, 0.25) is 0 Å². The average molecular weight is 1310 g/mol. The summed E-state index contributed by atoms with van der Waals surface area (Å²) in [4.78, 5) is 0. The van der Waals surface area contributed by atoms with Crippen LogP contribution in [0, 0.1) is 0 Å². The van der Waals surface area contributed by atoms with Crippen molar-refractivity contribution in [3.63, 3.8) is 0 Å². The molecule has 93 heavy (non-hydrogen) atoms. The zero-order valence-electron chi connectivity index (χ0n) is 51.7. The molecule has 3 aliphatic rings. The van der Waals surface area contributed by atoms with Gasteiger partial charge in [0.15, 0.2) is 0 Å². The second kappa shape index (κ2) is 24.2. The summed E-state index contributed by atoms with van der Waals surface area (Å²) in [7, 11) is -3.67. The minimum atomic E-state index is -3.67. The number of benzene rings is 14. The molecule has 0 fully saturated rings. The van der Waals surface area contributed by atoms with Crippen molar-refractivity contribution in [2.24, 2.45) is 0 Å². The lowest BCUT2D eigenvalue weighted by molar-refractivity contribution is 0.0792. The molecular weight excluding hydrogens is 1250 g/mol. The van der Waals surface area contributed by atoms with Crippen molar-refractivity contribution in [2.75, 3.05) is 11.6 Å². The van der Waals surface area contributed by atoms with E-state index in [0.717, 1.165) is 21.7 Å². The van der Waals surface area contributed by atoms with Crippen LogP contribution in [0.2, 0.25) is 10.0 Å². The molecule has 3 aliphatic carbocycles. The molecule has 0 saturated heterocycles. The third kappa shape index (κ3) is 10.7. The number of aliphatic hydroxyl groups is 1. The maximum absolute atomic E-state index is 11.2. The van der Waals surface area contributed by atoms with Gasteiger partial charge in [-0.05, 0) is 215 Å². The Kier molecular flexibility index (Phi) is 16.1. The van der Waals surface area contributed by atoms with Crippen molar-refractivity contribution in [1.82, 2.24) is 0 Å². The number of halogens is 4. The van der Waals surface area contributed by atoms with Gasteiger partial charge in [0.25, 0.3) is 10.1 Å². The maximum Gasteiger partial charge on any atom is 0.261 e. The molecule has 0 spiro atoms. The van der Waals surface area contributed by atoms with E-state index in [1.54, 1.807) is 0 Å². The molecule has 17 rings (SSSR count). The van der Waals surface area contributed by atoms with Gasteiger partial charge in [-0.15, -0.1) is 23.2 Å². The molecular formula is C84H62Cl4O4S. The molecule has 2 N–H and O–H groups in total. The molecule has 14 aromatic carbocycles. The van der Waals surface area contributed by atoms with Crippen LogP contribution in [0.5, 0.6) is 0 Å². The summed E-state index contributed by atoms with van der Waals surface area (Å²) in [5.74, 6) is 0. The van der Waals surface area contributed by atoms with Crippen molar-refractivity contribution < 1.29 is 18.1 Å². The summed E-state index contributed by atoms with van der Waals surface area (Å²) in [6.07, 6.45) is 0.715. The van der Waals surface area contributed by atoms with Gasteiger partial charge in [0.1, 0.15) is 0 Å². The van der Waals surface area contributed by atoms with Gasteiger partial charge in [-0.2, -0.15) is 8.42 Å². The van der Waals surface area contributed by atoms with Crippen LogP contribution in [0.4, 0.5) is 0 Å². The van der Waals surface area contributed by atoms with E-state index >= 15 is 0 Å². The predicted octanol–water partition coefficient (Wildman–Crippen LogP) is 24.4. The standard InChI is InChI=1S/C41H29ClO.C41H27Cl.CH2Cl2.CH4O3S/c1-41(2,43)35-24-27(42)20-21-29(35)28-22-23-34-38-30(28)18-11-19-33(38)39-36(25-12-5-3-6-13-25)31-16-9-10-17-32(31)37(40(34)39)26-14-7-4-8-15-26;1-41(2)33-22-26(42)20-21-29(33)38-30-18-11-19-31-37(30)32(23-34(38)41)40-36(25-14-7-4-8-15-25)28-17-10-9-16-27(28)35(39(31)40)24-12-5-3-6-13-24;2-1-3;1-5(2,3)4/h3-24,43H,1-2H3;3-23H,1-2H3;1H2;1H3,(H,2,3,4). The van der Waals surface area contributed by atoms with Crippen molar-refractivity contribution in [1.29, 1.82) is 0 Å². The Hall–Kier alpha value is -8.85. The zero-order valence-corrected chi connectivity index (χ0v) is 55.5. The highest BCUT2D eigenvalue weighted by Crippen LogP contribution is 2.63. The van der Waals surface area contributed by atoms with Gasteiger partial charge in [0, 0.05) is 15.5 Å². The highest BCUT2D eigenvalue weighted by molar-refractivity contribution is 7.85. The van der Waals surface area contributed by atoms with E-state index < -0.39 is 15.7 Å². The van der Waals surface area contributed by atoms with Crippen LogP contribution >= 0.6 is 46.4 Å². The second-order valence-electron chi connectivity index (χ2n) is 24.9. The van der Waals surface area contributed by atoms with E-state index in [0.29, 0.717) is 11.3 Å². The summed E-state index contributed by atoms with van der Waals surface area (Å²) in [5.41, 5.74) is 27.5. The van der Waals surface area contributed by atoms with Crippen LogP contribution in [0.15, 0.2) is 261 Å². The van der Waals surface area contributed by atoms with Crippen molar-refractivity contribution in [2.45, 2.75) is 38.7 Å². The van der Waals surface area contributed by atoms with Crippen LogP contribution in [-0.2, 0) is 21.1 Å². The SMILES string of the molecule is CC(C)(O)c1cc(Cl)ccc1-c1ccc2c3c(cccc13)-c1c-2c(-c2ccccc2)c2ccccc2c1-c1ccccc1.CC1(C)c2cc(Cl)ccc2-c2c1cc1c3c(cccc23)-c2c-1c(-c1ccccc1)c1ccccc1c2-c1ccccc1.CS(=O)(=O)O.ClCCl. The lowest BCUT2D eigenvalue weighted by Gasteiger charge is -2.23. The molecule has 0 unspecified atom stereocenters. The highest BCUT2D eigenvalue weighted by Gasteiger charge is 2.41. The van der Waals surface area contributed by atoms with Crippen LogP contribution in [-0.4, -0.2) is 29.7 Å². The lowest BCUT2D eigenvalue weighted by Crippen LogP contribution is -2.16. The lowest BCUT2D eigenvalue weighted by atomic mass is 9.80. The minimum Gasteiger partial charge on any atom is -0.386 e. The summed E-state index contributed by atoms with van der Waals surface area (Å²) in [6.45, 7) is 8.34. The molecule has 0 saturated carbocycles. The van der Waals surface area contributed by atoms with Gasteiger partial charge in [-0.3, -0.25) is 4.55 Å². The molecule has 0 heterocycles. The molecule has 0 aromatic heterocycles. The fourth-order valence-corrected chi connectivity index (χ4v) is 15.3. The first-order valence-electron chi connectivity index (χ1n) is 30.8. The largest absolute Gasteiger partial charge is 0.386 e. The molecule has 456 valence electrons. The van der Waals surface area contributed by atoms with Crippen LogP contribution in [0.3, 0.4) is 0 Å². The van der Waals surface area contributed by atoms with Gasteiger partial charge in [0.05, 0.1) is 17.2 Å². The Morgan fingerprint density at radius 3 is 1.10 bits per heavy atom. The number of hydrogen-bond donors (Lipinski definition) is 2. The number of rotatable bonds is 6. The maximum atomic E-state index is 11.2. The summed E-state index contributed by atoms with van der Waals surface area (Å²) in [5, 5.41) is 22.9. The third-order valence-corrected chi connectivity index (χ3v) is 19.0. The van der Waals surface area contributed by atoms with Crippen LogP contribution < -0.4 is 0 Å². The van der Waals surface area contributed by atoms with E-state index in [1.165, 1.54) is 154 Å². The van der Waals surface area contributed by atoms with Crippen molar-refractivity contribution >= 4 is 99.6 Å². The monoisotopic (exact) mass is 1310 g/mol. The molecule has 9 heteroatoms. The molecule has 0 bridgehead atoms. The van der Waals surface area contributed by atoms with Gasteiger partial charge in [-0.25, -0.2) is 0 Å². The number of fused-ring (bicyclic) bond motifs is 12. The average Bonchev–Trinajstić information content (AvgIpc) is 1.54. The highest BCUT2D eigenvalue weighted by atomic mass is 35.5. The first kappa shape index (κ1) is 61.6. The summed E-state index contributed by atoms with van der Waals surface area (Å²) in [6, 6.07) is 94.1. The zero-order chi connectivity index (χ0) is 64.7. The van der Waals surface area contributed by atoms with E-state index in [-0.39, 0.29) is 10.8 Å². The molecule has 0 aliphatic heterocycles. The van der Waals surface area contributed by atoms with Crippen molar-refractivity contribution in [3.05, 3.63) is 288 Å². The summed E-state index contributed by atoms with van der Waals surface area (Å²) < 4.78 is 25.9. The Balaban J connectivity index is 0.000000145. The fourth-order valence-electron chi connectivity index (χ4n) is 15.0. The Morgan fingerprint density at radius 1 is 0.355 bits per heavy atom. The molecule has 0 atom stereocenters. The molecule has 0 radical (unpaired) electrons. The third-order valence-electron chi connectivity index (χ3n) is 18.5. The Labute approximate surface area is 562 Å². The van der Waals surface area contributed by atoms with Crippen LogP contribution in [0.25, 0.3) is 154 Å². The topological polar surface area (TPSA) is 74.6 Å². The van der Waals surface area contributed by atoms with Crippen molar-refractivity contribution in [3.8, 4) is 111 Å². The van der Waals surface area contributed by atoms with Gasteiger partial charge >= 0.3 is 0 Å². The normalized spacial score (nSPS) is 12.7. The number of alkyl halides is 2.